The van der Waals surface area contributed by atoms with Crippen molar-refractivity contribution >= 4 is 45.0 Å². The smallest absolute Gasteiger partial charge is 0.261 e. The summed E-state index contributed by atoms with van der Waals surface area (Å²) in [4.78, 5) is 28.1. The summed E-state index contributed by atoms with van der Waals surface area (Å²) < 4.78 is 28.1. The number of carbonyl (C=O) groups is 2. The van der Waals surface area contributed by atoms with Gasteiger partial charge in [0.2, 0.25) is 11.8 Å². The number of likely N-dealkylation sites (tertiary alicyclic amines) is 1. The van der Waals surface area contributed by atoms with Crippen molar-refractivity contribution in [3.63, 3.8) is 0 Å². The minimum atomic E-state index is -3.81. The summed E-state index contributed by atoms with van der Waals surface area (Å²) in [5.41, 5.74) is 1.90. The summed E-state index contributed by atoms with van der Waals surface area (Å²) in [7, 11) is -3.81. The first-order chi connectivity index (χ1) is 14.8. The summed E-state index contributed by atoms with van der Waals surface area (Å²) in [6, 6.07) is 11.6. The van der Waals surface area contributed by atoms with Crippen LogP contribution in [0.25, 0.3) is 0 Å². The second kappa shape index (κ2) is 8.92. The maximum absolute atomic E-state index is 12.9. The molecule has 0 radical (unpaired) electrons. The van der Waals surface area contributed by atoms with Gasteiger partial charge in [-0.2, -0.15) is 0 Å². The van der Waals surface area contributed by atoms with Crippen molar-refractivity contribution in [2.45, 2.75) is 47.6 Å². The highest BCUT2D eigenvalue weighted by Gasteiger charge is 2.36. The Labute approximate surface area is 186 Å². The van der Waals surface area contributed by atoms with E-state index in [2.05, 4.69) is 10.0 Å². The van der Waals surface area contributed by atoms with Crippen LogP contribution in [0.4, 0.5) is 11.4 Å². The van der Waals surface area contributed by atoms with Crippen molar-refractivity contribution in [1.29, 1.82) is 0 Å². The van der Waals surface area contributed by atoms with E-state index in [0.29, 0.717) is 29.4 Å². The highest BCUT2D eigenvalue weighted by Crippen LogP contribution is 2.38. The lowest BCUT2D eigenvalue weighted by molar-refractivity contribution is -0.133. The molecule has 0 saturated carbocycles. The third-order valence-electron chi connectivity index (χ3n) is 5.45. The van der Waals surface area contributed by atoms with E-state index in [4.69, 9.17) is 0 Å². The zero-order chi connectivity index (χ0) is 22.0. The Morgan fingerprint density at radius 1 is 1.06 bits per heavy atom. The SMILES string of the molecule is Cc1ccc(NS(=O)(=O)c2ccc3c(c2)NC(=O)[C@@H](C(=O)N2CCCCCC2)S3)cc1. The Morgan fingerprint density at radius 3 is 2.42 bits per heavy atom. The molecular weight excluding hydrogens is 434 g/mol. The van der Waals surface area contributed by atoms with Gasteiger partial charge in [0.15, 0.2) is 5.25 Å². The number of hydrogen-bond acceptors (Lipinski definition) is 5. The van der Waals surface area contributed by atoms with E-state index in [9.17, 15) is 18.0 Å². The average Bonchev–Trinajstić information content (AvgIpc) is 3.03. The number of amides is 2. The van der Waals surface area contributed by atoms with E-state index in [1.807, 2.05) is 19.1 Å². The number of sulfonamides is 1. The van der Waals surface area contributed by atoms with E-state index >= 15 is 0 Å². The molecule has 0 bridgehead atoms. The van der Waals surface area contributed by atoms with Crippen molar-refractivity contribution < 1.29 is 18.0 Å². The topological polar surface area (TPSA) is 95.6 Å². The monoisotopic (exact) mass is 459 g/mol. The zero-order valence-corrected chi connectivity index (χ0v) is 18.9. The van der Waals surface area contributed by atoms with Crippen molar-refractivity contribution in [2.24, 2.45) is 0 Å². The lowest BCUT2D eigenvalue weighted by atomic mass is 10.2. The molecule has 2 aliphatic heterocycles. The normalized spacial score (nSPS) is 19.2. The second-order valence-corrected chi connectivity index (χ2v) is 10.7. The van der Waals surface area contributed by atoms with Crippen LogP contribution in [-0.4, -0.2) is 43.5 Å². The van der Waals surface area contributed by atoms with Crippen LogP contribution in [0.3, 0.4) is 0 Å². The molecule has 1 atom stereocenters. The number of nitrogens with zero attached hydrogens (tertiary/aromatic N) is 1. The van der Waals surface area contributed by atoms with Gasteiger partial charge in [0.05, 0.1) is 10.6 Å². The molecule has 1 saturated heterocycles. The number of rotatable bonds is 4. The second-order valence-electron chi connectivity index (χ2n) is 7.86. The molecule has 2 aromatic rings. The highest BCUT2D eigenvalue weighted by molar-refractivity contribution is 8.01. The number of fused-ring (bicyclic) bond motifs is 1. The molecule has 2 heterocycles. The molecular formula is C22H25N3O4S2. The van der Waals surface area contributed by atoms with Crippen molar-refractivity contribution in [3.8, 4) is 0 Å². The average molecular weight is 460 g/mol. The van der Waals surface area contributed by atoms with E-state index < -0.39 is 21.2 Å². The van der Waals surface area contributed by atoms with Gasteiger partial charge in [-0.15, -0.1) is 11.8 Å². The van der Waals surface area contributed by atoms with Gasteiger partial charge in [0.1, 0.15) is 0 Å². The van der Waals surface area contributed by atoms with Crippen LogP contribution in [0.15, 0.2) is 52.3 Å². The first kappa shape index (κ1) is 21.7. The number of benzene rings is 2. The van der Waals surface area contributed by atoms with Gasteiger partial charge in [-0.25, -0.2) is 8.42 Å². The maximum atomic E-state index is 12.9. The lowest BCUT2D eigenvalue weighted by Crippen LogP contribution is -2.45. The molecule has 7 nitrogen and oxygen atoms in total. The van der Waals surface area contributed by atoms with Gasteiger partial charge >= 0.3 is 0 Å². The Bertz CT molecular complexity index is 1090. The third-order valence-corrected chi connectivity index (χ3v) is 8.09. The summed E-state index contributed by atoms with van der Waals surface area (Å²) in [6.45, 7) is 3.28. The molecule has 0 unspecified atom stereocenters. The Kier molecular flexibility index (Phi) is 6.24. The van der Waals surface area contributed by atoms with Crippen molar-refractivity contribution in [3.05, 3.63) is 48.0 Å². The minimum absolute atomic E-state index is 0.0463. The first-order valence-electron chi connectivity index (χ1n) is 10.3. The number of hydrogen-bond donors (Lipinski definition) is 2. The Balaban J connectivity index is 1.52. The van der Waals surface area contributed by atoms with Gasteiger partial charge in [-0.05, 0) is 50.1 Å². The lowest BCUT2D eigenvalue weighted by Gasteiger charge is -2.28. The van der Waals surface area contributed by atoms with E-state index in [1.54, 1.807) is 23.1 Å². The van der Waals surface area contributed by atoms with Crippen LogP contribution in [0.5, 0.6) is 0 Å². The number of nitrogens with one attached hydrogen (secondary N) is 2. The van der Waals surface area contributed by atoms with Crippen LogP contribution in [0.2, 0.25) is 0 Å². The van der Waals surface area contributed by atoms with E-state index in [-0.39, 0.29) is 10.8 Å². The van der Waals surface area contributed by atoms with Crippen LogP contribution >= 0.6 is 11.8 Å². The minimum Gasteiger partial charge on any atom is -0.341 e. The molecule has 0 aromatic heterocycles. The predicted molar refractivity (Wildman–Crippen MR) is 122 cm³/mol. The van der Waals surface area contributed by atoms with Crippen LogP contribution in [0, 0.1) is 6.92 Å². The fourth-order valence-corrected chi connectivity index (χ4v) is 5.85. The molecule has 1 fully saturated rings. The van der Waals surface area contributed by atoms with Gasteiger partial charge in [0.25, 0.3) is 10.0 Å². The van der Waals surface area contributed by atoms with Gasteiger partial charge in [-0.1, -0.05) is 30.5 Å². The maximum Gasteiger partial charge on any atom is 0.261 e. The molecule has 4 rings (SSSR count). The standard InChI is InChI=1S/C22H25N3O4S2/c1-15-6-8-16(9-7-15)24-31(28,29)17-10-11-19-18(14-17)23-21(26)20(30-19)22(27)25-12-4-2-3-5-13-25/h6-11,14,20,24H,2-5,12-13H2,1H3,(H,23,26)/t20-/m0/s1. The first-order valence-corrected chi connectivity index (χ1v) is 12.7. The fraction of sp³-hybridized carbons (Fsp3) is 0.364. The molecule has 164 valence electrons. The van der Waals surface area contributed by atoms with Crippen molar-refractivity contribution in [2.75, 3.05) is 23.1 Å². The molecule has 9 heteroatoms. The molecule has 0 spiro atoms. The van der Waals surface area contributed by atoms with Crippen LogP contribution < -0.4 is 10.0 Å². The molecule has 2 N–H and O–H groups in total. The molecule has 2 aromatic carbocycles. The number of carbonyl (C=O) groups excluding carboxylic acids is 2. The van der Waals surface area contributed by atoms with Crippen molar-refractivity contribution in [1.82, 2.24) is 4.90 Å². The summed E-state index contributed by atoms with van der Waals surface area (Å²) in [5, 5.41) is 1.88. The van der Waals surface area contributed by atoms with Gasteiger partial charge in [0, 0.05) is 23.7 Å². The fourth-order valence-electron chi connectivity index (χ4n) is 3.71. The van der Waals surface area contributed by atoms with E-state index in [1.165, 1.54) is 23.9 Å². The zero-order valence-electron chi connectivity index (χ0n) is 17.3. The van der Waals surface area contributed by atoms with Gasteiger partial charge < -0.3 is 10.2 Å². The largest absolute Gasteiger partial charge is 0.341 e. The molecule has 31 heavy (non-hydrogen) atoms. The Hall–Kier alpha value is -2.52. The number of anilines is 2. The number of thioether (sulfide) groups is 1. The molecule has 0 aliphatic carbocycles. The molecule has 2 amide bonds. The number of aryl methyl sites for hydroxylation is 1. The Morgan fingerprint density at radius 2 is 1.74 bits per heavy atom. The third kappa shape index (κ3) is 4.88. The predicted octanol–water partition coefficient (Wildman–Crippen LogP) is 3.61. The quantitative estimate of drug-likeness (QED) is 0.681. The molecule has 2 aliphatic rings. The van der Waals surface area contributed by atoms with Crippen LogP contribution in [0.1, 0.15) is 31.2 Å². The highest BCUT2D eigenvalue weighted by atomic mass is 32.2. The van der Waals surface area contributed by atoms with E-state index in [0.717, 1.165) is 31.2 Å². The van der Waals surface area contributed by atoms with Gasteiger partial charge in [-0.3, -0.25) is 14.3 Å². The summed E-state index contributed by atoms with van der Waals surface area (Å²) in [6.07, 6.45) is 4.11. The van der Waals surface area contributed by atoms with Crippen LogP contribution in [-0.2, 0) is 19.6 Å². The summed E-state index contributed by atoms with van der Waals surface area (Å²) in [5.74, 6) is -0.583. The summed E-state index contributed by atoms with van der Waals surface area (Å²) >= 11 is 1.18.